The van der Waals surface area contributed by atoms with E-state index >= 15 is 0 Å². The van der Waals surface area contributed by atoms with Crippen LogP contribution in [0.15, 0.2) is 59.5 Å². The molecule has 2 aromatic carbocycles. The van der Waals surface area contributed by atoms with Gasteiger partial charge in [0.05, 0.1) is 11.4 Å². The van der Waals surface area contributed by atoms with Gasteiger partial charge in [0, 0.05) is 17.6 Å². The number of halogens is 1. The van der Waals surface area contributed by atoms with Crippen molar-refractivity contribution in [1.82, 2.24) is 9.62 Å². The standard InChI is InChI=1S/C21H27ClN2O3S/c1-3-7-17(2)23-21(25)16-24(15-14-18-8-5-4-6-9-18)28(26,27)20-12-10-19(22)11-13-20/h4-6,8-13,17H,3,7,14-16H2,1-2H3,(H,23,25). The van der Waals surface area contributed by atoms with E-state index in [-0.39, 0.29) is 29.9 Å². The molecule has 5 nitrogen and oxygen atoms in total. The third kappa shape index (κ3) is 6.62. The molecule has 1 unspecified atom stereocenters. The van der Waals surface area contributed by atoms with Gasteiger partial charge >= 0.3 is 0 Å². The summed E-state index contributed by atoms with van der Waals surface area (Å²) < 4.78 is 27.5. The van der Waals surface area contributed by atoms with Crippen molar-refractivity contribution in [1.29, 1.82) is 0 Å². The van der Waals surface area contributed by atoms with Crippen LogP contribution in [0.5, 0.6) is 0 Å². The van der Waals surface area contributed by atoms with Gasteiger partial charge in [-0.3, -0.25) is 4.79 Å². The predicted molar refractivity (Wildman–Crippen MR) is 113 cm³/mol. The molecule has 0 spiro atoms. The smallest absolute Gasteiger partial charge is 0.243 e. The van der Waals surface area contributed by atoms with Gasteiger partial charge in [-0.15, -0.1) is 0 Å². The van der Waals surface area contributed by atoms with Gasteiger partial charge in [0.2, 0.25) is 15.9 Å². The molecular formula is C21H27ClN2O3S. The van der Waals surface area contributed by atoms with E-state index in [9.17, 15) is 13.2 Å². The second-order valence-electron chi connectivity index (χ2n) is 6.79. The summed E-state index contributed by atoms with van der Waals surface area (Å²) in [5.41, 5.74) is 1.01. The summed E-state index contributed by atoms with van der Waals surface area (Å²) in [5.74, 6) is -0.299. The van der Waals surface area contributed by atoms with E-state index in [1.807, 2.05) is 44.2 Å². The van der Waals surface area contributed by atoms with Crippen LogP contribution in [0.2, 0.25) is 5.02 Å². The van der Waals surface area contributed by atoms with Crippen LogP contribution in [0.3, 0.4) is 0 Å². The van der Waals surface area contributed by atoms with Gasteiger partial charge in [-0.1, -0.05) is 55.3 Å². The quantitative estimate of drug-likeness (QED) is 0.631. The number of sulfonamides is 1. The summed E-state index contributed by atoms with van der Waals surface area (Å²) in [5, 5.41) is 3.34. The van der Waals surface area contributed by atoms with Gasteiger partial charge in [0.25, 0.3) is 0 Å². The Labute approximate surface area is 172 Å². The van der Waals surface area contributed by atoms with Crippen LogP contribution in [0.4, 0.5) is 0 Å². The number of amides is 1. The molecular weight excluding hydrogens is 396 g/mol. The summed E-state index contributed by atoms with van der Waals surface area (Å²) in [6.07, 6.45) is 2.31. The van der Waals surface area contributed by atoms with Crippen molar-refractivity contribution in [2.75, 3.05) is 13.1 Å². The fourth-order valence-electron chi connectivity index (χ4n) is 2.92. The number of carbonyl (C=O) groups excluding carboxylic acids is 1. The zero-order chi connectivity index (χ0) is 20.6. The first-order chi connectivity index (χ1) is 13.3. The Kier molecular flexibility index (Phi) is 8.48. The van der Waals surface area contributed by atoms with Gasteiger partial charge in [0.15, 0.2) is 0 Å². The number of nitrogens with zero attached hydrogens (tertiary/aromatic N) is 1. The average Bonchev–Trinajstić information content (AvgIpc) is 2.66. The molecule has 0 aliphatic rings. The van der Waals surface area contributed by atoms with E-state index in [1.54, 1.807) is 0 Å². The van der Waals surface area contributed by atoms with Gasteiger partial charge in [-0.05, 0) is 49.6 Å². The van der Waals surface area contributed by atoms with Crippen LogP contribution < -0.4 is 5.32 Å². The summed E-state index contributed by atoms with van der Waals surface area (Å²) in [4.78, 5) is 12.6. The molecule has 0 saturated heterocycles. The lowest BCUT2D eigenvalue weighted by Crippen LogP contribution is -2.44. The second kappa shape index (κ2) is 10.6. The zero-order valence-corrected chi connectivity index (χ0v) is 17.8. The molecule has 1 N–H and O–H groups in total. The van der Waals surface area contributed by atoms with E-state index in [2.05, 4.69) is 5.32 Å². The van der Waals surface area contributed by atoms with Crippen molar-refractivity contribution in [3.05, 3.63) is 65.2 Å². The van der Waals surface area contributed by atoms with Crippen molar-refractivity contribution in [3.63, 3.8) is 0 Å². The van der Waals surface area contributed by atoms with Crippen molar-refractivity contribution in [2.45, 2.75) is 44.0 Å². The van der Waals surface area contributed by atoms with Crippen LogP contribution in [0, 0.1) is 0 Å². The molecule has 0 aliphatic heterocycles. The fourth-order valence-corrected chi connectivity index (χ4v) is 4.45. The Morgan fingerprint density at radius 3 is 2.36 bits per heavy atom. The first kappa shape index (κ1) is 22.4. The van der Waals surface area contributed by atoms with E-state index < -0.39 is 10.0 Å². The van der Waals surface area contributed by atoms with E-state index in [4.69, 9.17) is 11.6 Å². The number of rotatable bonds is 10. The Morgan fingerprint density at radius 2 is 1.75 bits per heavy atom. The number of hydrogen-bond donors (Lipinski definition) is 1. The van der Waals surface area contributed by atoms with Crippen molar-refractivity contribution >= 4 is 27.5 Å². The number of hydrogen-bond acceptors (Lipinski definition) is 3. The summed E-state index contributed by atoms with van der Waals surface area (Å²) >= 11 is 5.88. The first-order valence-electron chi connectivity index (χ1n) is 9.42. The van der Waals surface area contributed by atoms with E-state index in [0.717, 1.165) is 18.4 Å². The monoisotopic (exact) mass is 422 g/mol. The normalized spacial score (nSPS) is 12.7. The number of nitrogens with one attached hydrogen (secondary N) is 1. The molecule has 0 heterocycles. The summed E-state index contributed by atoms with van der Waals surface area (Å²) in [6.45, 7) is 3.96. The third-order valence-corrected chi connectivity index (χ3v) is 6.50. The number of benzene rings is 2. The summed E-state index contributed by atoms with van der Waals surface area (Å²) in [6, 6.07) is 15.6. The van der Waals surface area contributed by atoms with Crippen molar-refractivity contribution in [2.24, 2.45) is 0 Å². The van der Waals surface area contributed by atoms with Crippen LogP contribution in [0.1, 0.15) is 32.3 Å². The Hall–Kier alpha value is -1.89. The Bertz CT molecular complexity index is 855. The lowest BCUT2D eigenvalue weighted by molar-refractivity contribution is -0.121. The minimum absolute atomic E-state index is 0.00621. The lowest BCUT2D eigenvalue weighted by atomic mass is 10.1. The summed E-state index contributed by atoms with van der Waals surface area (Å²) in [7, 11) is -3.82. The van der Waals surface area contributed by atoms with Crippen molar-refractivity contribution in [3.8, 4) is 0 Å². The van der Waals surface area contributed by atoms with E-state index in [1.165, 1.54) is 28.6 Å². The predicted octanol–water partition coefficient (Wildman–Crippen LogP) is 3.88. The topological polar surface area (TPSA) is 66.5 Å². The van der Waals surface area contributed by atoms with Gasteiger partial charge < -0.3 is 5.32 Å². The highest BCUT2D eigenvalue weighted by Crippen LogP contribution is 2.19. The Balaban J connectivity index is 2.19. The minimum atomic E-state index is -3.82. The first-order valence-corrected chi connectivity index (χ1v) is 11.2. The molecule has 0 bridgehead atoms. The van der Waals surface area contributed by atoms with Gasteiger partial charge in [-0.2, -0.15) is 4.31 Å². The molecule has 0 aliphatic carbocycles. The molecule has 1 amide bonds. The molecule has 28 heavy (non-hydrogen) atoms. The average molecular weight is 423 g/mol. The minimum Gasteiger partial charge on any atom is -0.353 e. The SMILES string of the molecule is CCCC(C)NC(=O)CN(CCc1ccccc1)S(=O)(=O)c1ccc(Cl)cc1. The van der Waals surface area contributed by atoms with Crippen LogP contribution in [0.25, 0.3) is 0 Å². The van der Waals surface area contributed by atoms with Crippen LogP contribution in [-0.2, 0) is 21.2 Å². The molecule has 0 fully saturated rings. The third-order valence-electron chi connectivity index (χ3n) is 4.39. The molecule has 2 rings (SSSR count). The van der Waals surface area contributed by atoms with Crippen molar-refractivity contribution < 1.29 is 13.2 Å². The largest absolute Gasteiger partial charge is 0.353 e. The molecule has 0 aromatic heterocycles. The molecule has 0 radical (unpaired) electrons. The maximum absolute atomic E-state index is 13.1. The maximum atomic E-state index is 13.1. The van der Waals surface area contributed by atoms with Crippen LogP contribution >= 0.6 is 11.6 Å². The molecule has 0 saturated carbocycles. The van der Waals surface area contributed by atoms with Gasteiger partial charge in [-0.25, -0.2) is 8.42 Å². The maximum Gasteiger partial charge on any atom is 0.243 e. The molecule has 152 valence electrons. The highest BCUT2D eigenvalue weighted by molar-refractivity contribution is 7.89. The second-order valence-corrected chi connectivity index (χ2v) is 9.16. The fraction of sp³-hybridized carbons (Fsp3) is 0.381. The zero-order valence-electron chi connectivity index (χ0n) is 16.3. The Morgan fingerprint density at radius 1 is 1.11 bits per heavy atom. The molecule has 2 aromatic rings. The van der Waals surface area contributed by atoms with Crippen LogP contribution in [-0.4, -0.2) is 37.8 Å². The highest BCUT2D eigenvalue weighted by Gasteiger charge is 2.26. The number of carbonyl (C=O) groups is 1. The molecule has 1 atom stereocenters. The molecule has 7 heteroatoms. The lowest BCUT2D eigenvalue weighted by Gasteiger charge is -2.23. The highest BCUT2D eigenvalue weighted by atomic mass is 35.5. The van der Waals surface area contributed by atoms with Gasteiger partial charge in [0.1, 0.15) is 0 Å². The van der Waals surface area contributed by atoms with E-state index in [0.29, 0.717) is 11.4 Å².